The minimum absolute atomic E-state index is 0.293. The smallest absolute Gasteiger partial charge is 0.434 e. The van der Waals surface area contributed by atoms with Gasteiger partial charge in [0, 0.05) is 11.1 Å². The molecule has 0 bridgehead atoms. The van der Waals surface area contributed by atoms with Crippen LogP contribution in [0.15, 0.2) is 60.7 Å². The summed E-state index contributed by atoms with van der Waals surface area (Å²) in [5.41, 5.74) is 1.32. The summed E-state index contributed by atoms with van der Waals surface area (Å²) in [6.07, 6.45) is 1.79. The summed E-state index contributed by atoms with van der Waals surface area (Å²) in [5, 5.41) is 3.04. The van der Waals surface area contributed by atoms with E-state index in [4.69, 9.17) is 27.3 Å². The van der Waals surface area contributed by atoms with Gasteiger partial charge in [0.1, 0.15) is 11.5 Å². The SMILES string of the molecule is CCCCOC(=O)Oc1ccc2c3c(ccc2c1)OS(=O)Oc1ccc2cc(OC(=O)OCCCC)ccc2c1-3. The van der Waals surface area contributed by atoms with Gasteiger partial charge in [-0.2, -0.15) is 4.21 Å². The number of fused-ring (bicyclic) bond motifs is 7. The first kappa shape index (κ1) is 27.3. The molecule has 4 aromatic carbocycles. The van der Waals surface area contributed by atoms with E-state index in [9.17, 15) is 13.8 Å². The second-order valence-electron chi connectivity index (χ2n) is 9.12. The molecule has 0 radical (unpaired) electrons. The highest BCUT2D eigenvalue weighted by molar-refractivity contribution is 7.76. The van der Waals surface area contributed by atoms with E-state index in [0.717, 1.165) is 47.2 Å². The first-order valence-electron chi connectivity index (χ1n) is 13.1. The fourth-order valence-corrected chi connectivity index (χ4v) is 4.98. The highest BCUT2D eigenvalue weighted by atomic mass is 32.2. The predicted molar refractivity (Wildman–Crippen MR) is 150 cm³/mol. The van der Waals surface area contributed by atoms with Crippen molar-refractivity contribution in [3.8, 4) is 34.1 Å². The number of unbranched alkanes of at least 4 members (excludes halogenated alkanes) is 2. The fraction of sp³-hybridized carbons (Fsp3) is 0.267. The molecule has 5 rings (SSSR count). The maximum Gasteiger partial charge on any atom is 0.513 e. The molecule has 0 fully saturated rings. The Morgan fingerprint density at radius 2 is 1.12 bits per heavy atom. The van der Waals surface area contributed by atoms with Gasteiger partial charge < -0.3 is 27.3 Å². The molecule has 0 saturated carbocycles. The molecule has 4 aromatic rings. The molecule has 0 amide bonds. The van der Waals surface area contributed by atoms with E-state index in [-0.39, 0.29) is 0 Å². The van der Waals surface area contributed by atoms with Gasteiger partial charge in [-0.15, -0.1) is 0 Å². The number of hydrogen-bond donors (Lipinski definition) is 0. The zero-order valence-corrected chi connectivity index (χ0v) is 22.9. The third kappa shape index (κ3) is 5.96. The van der Waals surface area contributed by atoms with E-state index in [2.05, 4.69) is 0 Å². The lowest BCUT2D eigenvalue weighted by Crippen LogP contribution is -2.11. The third-order valence-electron chi connectivity index (χ3n) is 6.31. The number of carbonyl (C=O) groups is 2. The van der Waals surface area contributed by atoms with Crippen LogP contribution in [0.4, 0.5) is 9.59 Å². The molecule has 10 heteroatoms. The second kappa shape index (κ2) is 12.3. The molecule has 0 atom stereocenters. The standard InChI is InChI=1S/C30H28O9S/c1-3-5-15-34-29(31)36-21-9-11-23-19(17-21)7-13-25-27(23)28-24-12-10-22(37-30(32)35-16-6-4-2)18-20(24)8-14-26(28)39-40(33)38-25/h7-14,17-18H,3-6,15-16H2,1-2H3. The van der Waals surface area contributed by atoms with Crippen molar-refractivity contribution >= 4 is 45.2 Å². The van der Waals surface area contributed by atoms with E-state index in [1.54, 1.807) is 60.7 Å². The van der Waals surface area contributed by atoms with Crippen LogP contribution < -0.4 is 17.8 Å². The molecular weight excluding hydrogens is 536 g/mol. The molecule has 0 unspecified atom stereocenters. The molecular formula is C30H28O9S. The Kier molecular flexibility index (Phi) is 8.35. The van der Waals surface area contributed by atoms with Crippen molar-refractivity contribution in [2.75, 3.05) is 13.2 Å². The van der Waals surface area contributed by atoms with Crippen LogP contribution in [0.25, 0.3) is 32.7 Å². The molecule has 0 saturated heterocycles. The molecule has 40 heavy (non-hydrogen) atoms. The second-order valence-corrected chi connectivity index (χ2v) is 9.86. The first-order chi connectivity index (χ1) is 19.5. The Morgan fingerprint density at radius 3 is 1.55 bits per heavy atom. The van der Waals surface area contributed by atoms with Crippen molar-refractivity contribution in [2.24, 2.45) is 0 Å². The molecule has 0 spiro atoms. The zero-order chi connectivity index (χ0) is 28.1. The molecule has 208 valence electrons. The lowest BCUT2D eigenvalue weighted by Gasteiger charge is -2.14. The molecule has 0 aromatic heterocycles. The summed E-state index contributed by atoms with van der Waals surface area (Å²) in [4.78, 5) is 24.1. The van der Waals surface area contributed by atoms with E-state index in [1.807, 2.05) is 13.8 Å². The van der Waals surface area contributed by atoms with Gasteiger partial charge in [0.2, 0.25) is 0 Å². The van der Waals surface area contributed by atoms with Crippen LogP contribution in [0, 0.1) is 0 Å². The highest BCUT2D eigenvalue weighted by Gasteiger charge is 2.26. The molecule has 1 aliphatic rings. The van der Waals surface area contributed by atoms with Crippen molar-refractivity contribution in [1.29, 1.82) is 0 Å². The van der Waals surface area contributed by atoms with Crippen LogP contribution >= 0.6 is 0 Å². The molecule has 9 nitrogen and oxygen atoms in total. The summed E-state index contributed by atoms with van der Waals surface area (Å²) in [7, 11) is 0. The van der Waals surface area contributed by atoms with E-state index in [0.29, 0.717) is 47.3 Å². The largest absolute Gasteiger partial charge is 0.513 e. The van der Waals surface area contributed by atoms with Crippen molar-refractivity contribution in [3.63, 3.8) is 0 Å². The average molecular weight is 565 g/mol. The van der Waals surface area contributed by atoms with Gasteiger partial charge >= 0.3 is 23.7 Å². The Morgan fingerprint density at radius 1 is 0.675 bits per heavy atom. The first-order valence-corrected chi connectivity index (χ1v) is 14.1. The van der Waals surface area contributed by atoms with Crippen molar-refractivity contribution in [3.05, 3.63) is 60.7 Å². The highest BCUT2D eigenvalue weighted by Crippen LogP contribution is 2.48. The minimum atomic E-state index is -2.07. The Labute approximate surface area is 233 Å². The molecule has 0 aliphatic carbocycles. The Hall–Kier alpha value is -4.31. The monoisotopic (exact) mass is 564 g/mol. The van der Waals surface area contributed by atoms with Crippen LogP contribution in [-0.4, -0.2) is 29.7 Å². The number of hydrogen-bond acceptors (Lipinski definition) is 9. The maximum atomic E-state index is 12.6. The van der Waals surface area contributed by atoms with Gasteiger partial charge in [-0.25, -0.2) is 9.59 Å². The van der Waals surface area contributed by atoms with Gasteiger partial charge in [0.05, 0.1) is 13.2 Å². The Balaban J connectivity index is 1.53. The minimum Gasteiger partial charge on any atom is -0.434 e. The zero-order valence-electron chi connectivity index (χ0n) is 22.1. The van der Waals surface area contributed by atoms with E-state index < -0.39 is 23.7 Å². The van der Waals surface area contributed by atoms with Gasteiger partial charge in [0.15, 0.2) is 11.5 Å². The molecule has 0 N–H and O–H groups in total. The van der Waals surface area contributed by atoms with Gasteiger partial charge in [-0.05, 0) is 82.9 Å². The maximum absolute atomic E-state index is 12.6. The summed E-state index contributed by atoms with van der Waals surface area (Å²) >= 11 is -2.07. The average Bonchev–Trinajstić information content (AvgIpc) is 3.08. The van der Waals surface area contributed by atoms with E-state index >= 15 is 0 Å². The van der Waals surface area contributed by atoms with E-state index in [1.165, 1.54) is 0 Å². The fourth-order valence-electron chi connectivity index (χ4n) is 4.37. The van der Waals surface area contributed by atoms with Crippen molar-refractivity contribution in [1.82, 2.24) is 0 Å². The van der Waals surface area contributed by atoms with Crippen molar-refractivity contribution in [2.45, 2.75) is 39.5 Å². The third-order valence-corrected chi connectivity index (χ3v) is 6.94. The van der Waals surface area contributed by atoms with Gasteiger partial charge in [-0.1, -0.05) is 38.8 Å². The van der Waals surface area contributed by atoms with Crippen molar-refractivity contribution < 1.29 is 41.1 Å². The molecule has 1 heterocycles. The summed E-state index contributed by atoms with van der Waals surface area (Å²) in [6, 6.07) is 17.3. The van der Waals surface area contributed by atoms with Crippen LogP contribution in [0.2, 0.25) is 0 Å². The molecule has 1 aliphatic heterocycles. The number of carbonyl (C=O) groups excluding carboxylic acids is 2. The Bertz CT molecular complexity index is 1480. The van der Waals surface area contributed by atoms with Gasteiger partial charge in [0.25, 0.3) is 0 Å². The quantitative estimate of drug-likeness (QED) is 0.121. The topological polar surface area (TPSA) is 107 Å². The van der Waals surface area contributed by atoms with Crippen LogP contribution in [0.1, 0.15) is 39.5 Å². The van der Waals surface area contributed by atoms with Crippen LogP contribution in [0.5, 0.6) is 23.0 Å². The predicted octanol–water partition coefficient (Wildman–Crippen LogP) is 7.64. The van der Waals surface area contributed by atoms with Crippen LogP contribution in [0.3, 0.4) is 0 Å². The van der Waals surface area contributed by atoms with Crippen LogP contribution in [-0.2, 0) is 20.8 Å². The van der Waals surface area contributed by atoms with Gasteiger partial charge in [-0.3, -0.25) is 0 Å². The normalized spacial score (nSPS) is 12.4. The number of rotatable bonds is 8. The lowest BCUT2D eigenvalue weighted by molar-refractivity contribution is 0.0968. The summed E-state index contributed by atoms with van der Waals surface area (Å²) in [6.45, 7) is 4.60. The number of benzene rings is 4. The number of ether oxygens (including phenoxy) is 4. The summed E-state index contributed by atoms with van der Waals surface area (Å²) < 4.78 is 44.7. The summed E-state index contributed by atoms with van der Waals surface area (Å²) in [5.74, 6) is 1.39. The lowest BCUT2D eigenvalue weighted by atomic mass is 9.92.